The molecule has 50 heavy (non-hydrogen) atoms. The second-order valence-corrected chi connectivity index (χ2v) is 15.2. The van der Waals surface area contributed by atoms with Gasteiger partial charge in [-0.05, 0) is 61.2 Å². The normalized spacial score (nSPS) is 31.5. The Morgan fingerprint density at radius 2 is 1.90 bits per heavy atom. The van der Waals surface area contributed by atoms with E-state index in [0.29, 0.717) is 37.2 Å². The fourth-order valence-electron chi connectivity index (χ4n) is 9.70. The number of nitrogens with two attached hydrogens (primary N) is 1. The minimum Gasteiger partial charge on any atom is -0.461 e. The molecule has 3 saturated heterocycles. The second-order valence-electron chi connectivity index (χ2n) is 15.2. The third-order valence-electron chi connectivity index (χ3n) is 12.7. The predicted octanol–water partition coefficient (Wildman–Crippen LogP) is 5.89. The molecule has 4 aromatic rings. The maximum atomic E-state index is 17.0. The lowest BCUT2D eigenvalue weighted by Crippen LogP contribution is -2.49. The molecule has 2 aromatic carbocycles. The molecule has 2 N–H and O–H groups in total. The van der Waals surface area contributed by atoms with Crippen LogP contribution in [0.5, 0.6) is 6.01 Å². The van der Waals surface area contributed by atoms with Crippen LogP contribution < -0.4 is 15.4 Å². The Morgan fingerprint density at radius 3 is 2.66 bits per heavy atom. The molecule has 8 nitrogen and oxygen atoms in total. The number of aromatic nitrogens is 3. The summed E-state index contributed by atoms with van der Waals surface area (Å²) in [6.45, 7) is 1.97. The van der Waals surface area contributed by atoms with Gasteiger partial charge in [0.1, 0.15) is 35.6 Å². The van der Waals surface area contributed by atoms with Gasteiger partial charge in [0.25, 0.3) is 5.92 Å². The van der Waals surface area contributed by atoms with Gasteiger partial charge in [-0.25, -0.2) is 22.0 Å². The Labute approximate surface area is 284 Å². The van der Waals surface area contributed by atoms with Crippen molar-refractivity contribution in [3.8, 4) is 29.6 Å². The number of ether oxygens (including phenoxy) is 2. The summed E-state index contributed by atoms with van der Waals surface area (Å²) >= 11 is 0. The number of alkyl halides is 3. The molecule has 3 aliphatic carbocycles. The summed E-state index contributed by atoms with van der Waals surface area (Å²) in [5, 5.41) is 1.00. The summed E-state index contributed by atoms with van der Waals surface area (Å²) in [6, 6.07) is 5.18. The van der Waals surface area contributed by atoms with Crippen LogP contribution in [-0.2, 0) is 4.74 Å². The molecular formula is C37H33F5N6O2. The summed E-state index contributed by atoms with van der Waals surface area (Å²) in [7, 11) is 0. The number of hydrogen-bond acceptors (Lipinski definition) is 8. The Kier molecular flexibility index (Phi) is 6.07. The molecule has 5 atom stereocenters. The van der Waals surface area contributed by atoms with Gasteiger partial charge in [-0.3, -0.25) is 9.88 Å². The predicted molar refractivity (Wildman–Crippen MR) is 176 cm³/mol. The van der Waals surface area contributed by atoms with Crippen LogP contribution in [0.4, 0.5) is 33.5 Å². The zero-order valence-corrected chi connectivity index (χ0v) is 27.0. The van der Waals surface area contributed by atoms with Crippen LogP contribution >= 0.6 is 0 Å². The third-order valence-corrected chi connectivity index (χ3v) is 12.7. The van der Waals surface area contributed by atoms with Crippen LogP contribution in [0.3, 0.4) is 0 Å². The van der Waals surface area contributed by atoms with Crippen LogP contribution in [0.25, 0.3) is 32.9 Å². The van der Waals surface area contributed by atoms with Gasteiger partial charge in [-0.1, -0.05) is 12.0 Å². The summed E-state index contributed by atoms with van der Waals surface area (Å²) in [5.74, 6) is -1.94. The van der Waals surface area contributed by atoms with Crippen molar-refractivity contribution in [1.82, 2.24) is 19.9 Å². The number of hydrogen-bond donors (Lipinski definition) is 1. The molecule has 2 aromatic heterocycles. The lowest BCUT2D eigenvalue weighted by atomic mass is 9.77. The number of pyridine rings is 1. The second kappa shape index (κ2) is 9.94. The highest BCUT2D eigenvalue weighted by Gasteiger charge is 2.82. The number of anilines is 2. The van der Waals surface area contributed by atoms with Gasteiger partial charge in [0.2, 0.25) is 0 Å². The van der Waals surface area contributed by atoms with Gasteiger partial charge in [0.15, 0.2) is 5.82 Å². The highest BCUT2D eigenvalue weighted by Crippen LogP contribution is 2.76. The van der Waals surface area contributed by atoms with Crippen molar-refractivity contribution in [2.24, 2.45) is 16.7 Å². The molecule has 3 aliphatic heterocycles. The zero-order chi connectivity index (χ0) is 34.4. The Morgan fingerprint density at radius 1 is 1.08 bits per heavy atom. The van der Waals surface area contributed by atoms with Crippen LogP contribution in [0.1, 0.15) is 37.7 Å². The van der Waals surface area contributed by atoms with Crippen LogP contribution in [-0.4, -0.2) is 83.0 Å². The molecular weight excluding hydrogens is 655 g/mol. The lowest BCUT2D eigenvalue weighted by molar-refractivity contribution is 0.0541. The number of halogens is 5. The molecule has 5 heterocycles. The average Bonchev–Trinajstić information content (AvgIpc) is 4.02. The maximum absolute atomic E-state index is 17.0. The first-order valence-corrected chi connectivity index (χ1v) is 17.1. The van der Waals surface area contributed by atoms with E-state index < -0.39 is 40.7 Å². The van der Waals surface area contributed by atoms with Crippen molar-refractivity contribution >= 4 is 33.2 Å². The number of fused-ring (bicyclic) bond motifs is 5. The van der Waals surface area contributed by atoms with Gasteiger partial charge >= 0.3 is 6.01 Å². The fraction of sp³-hybridized carbons (Fsp3) is 0.486. The first kappa shape index (κ1) is 30.5. The summed E-state index contributed by atoms with van der Waals surface area (Å²) in [6.07, 6.45) is 8.95. The molecule has 0 unspecified atom stereocenters. The van der Waals surface area contributed by atoms with Crippen LogP contribution in [0, 0.1) is 40.7 Å². The SMILES string of the molecule is C#Cc1c(F)ccc2cc(N)cc(-c3ncc4c(N5CCOC[C@H]6[C@H](F)[C@H]65)nc(OC[C@]56C[C@@]7(CN5CCC65CC5)CC7(F)F)nc4c3F)c12. The van der Waals surface area contributed by atoms with E-state index in [2.05, 4.69) is 20.8 Å². The highest BCUT2D eigenvalue weighted by atomic mass is 19.3. The standard InChI is InChI=1S/C37H33F5N6O2/c1-2-21-25(38)4-3-19-11-20(43)12-22(26(19)21)29-28(40)30-23(13-44-29)32(48-9-10-49-14-24-27(39)31(24)48)46-33(45-30)50-18-36-15-35(16-37(35,41)42)17-47(36)8-7-34(36)5-6-34/h1,3-4,11-13,24,27,31H,5-10,14-18,43H2/t24-,27-,31-,35-,36-/m0/s1. The quantitative estimate of drug-likeness (QED) is 0.158. The molecule has 258 valence electrons. The van der Waals surface area contributed by atoms with E-state index in [9.17, 15) is 13.2 Å². The minimum atomic E-state index is -2.70. The van der Waals surface area contributed by atoms with Crippen molar-refractivity contribution in [2.75, 3.05) is 50.1 Å². The smallest absolute Gasteiger partial charge is 0.319 e. The number of rotatable bonds is 5. The van der Waals surface area contributed by atoms with E-state index in [0.717, 1.165) is 25.8 Å². The van der Waals surface area contributed by atoms with Gasteiger partial charge < -0.3 is 20.1 Å². The Bertz CT molecular complexity index is 2190. The molecule has 10 rings (SSSR count). The zero-order valence-electron chi connectivity index (χ0n) is 27.0. The highest BCUT2D eigenvalue weighted by molar-refractivity contribution is 6.03. The number of terminal acetylenes is 1. The Balaban J connectivity index is 1.12. The number of benzene rings is 2. The monoisotopic (exact) mass is 688 g/mol. The van der Waals surface area contributed by atoms with Crippen LogP contribution in [0.15, 0.2) is 30.5 Å². The van der Waals surface area contributed by atoms with Crippen molar-refractivity contribution in [2.45, 2.75) is 55.8 Å². The van der Waals surface area contributed by atoms with E-state index >= 15 is 8.78 Å². The summed E-state index contributed by atoms with van der Waals surface area (Å²) in [4.78, 5) is 17.7. The first-order valence-electron chi connectivity index (χ1n) is 17.1. The van der Waals surface area contributed by atoms with Crippen molar-refractivity contribution < 1.29 is 31.4 Å². The maximum Gasteiger partial charge on any atom is 0.319 e. The molecule has 2 spiro atoms. The van der Waals surface area contributed by atoms with Gasteiger partial charge in [-0.2, -0.15) is 9.97 Å². The molecule has 6 aliphatic rings. The summed E-state index contributed by atoms with van der Waals surface area (Å²) in [5.41, 5.74) is 4.56. The summed E-state index contributed by atoms with van der Waals surface area (Å²) < 4.78 is 88.6. The van der Waals surface area contributed by atoms with Crippen molar-refractivity contribution in [3.05, 3.63) is 47.7 Å². The molecule has 0 radical (unpaired) electrons. The molecule has 6 fully saturated rings. The molecule has 13 heteroatoms. The molecule has 0 bridgehead atoms. The van der Waals surface area contributed by atoms with Gasteiger partial charge in [0, 0.05) is 48.3 Å². The van der Waals surface area contributed by atoms with Crippen LogP contribution in [0.2, 0.25) is 0 Å². The first-order chi connectivity index (χ1) is 24.0. The van der Waals surface area contributed by atoms with E-state index in [1.807, 2.05) is 0 Å². The van der Waals surface area contributed by atoms with E-state index in [1.54, 1.807) is 11.0 Å². The van der Waals surface area contributed by atoms with Crippen molar-refractivity contribution in [1.29, 1.82) is 0 Å². The third kappa shape index (κ3) is 4.03. The largest absolute Gasteiger partial charge is 0.461 e. The average molecular weight is 689 g/mol. The minimum absolute atomic E-state index is 0.0607. The molecule has 3 saturated carbocycles. The van der Waals surface area contributed by atoms with E-state index in [1.165, 1.54) is 24.4 Å². The molecule has 0 amide bonds. The fourth-order valence-corrected chi connectivity index (χ4v) is 9.70. The van der Waals surface area contributed by atoms with Gasteiger partial charge in [-0.15, -0.1) is 6.42 Å². The van der Waals surface area contributed by atoms with Crippen molar-refractivity contribution in [3.63, 3.8) is 0 Å². The van der Waals surface area contributed by atoms with Gasteiger partial charge in [0.05, 0.1) is 41.2 Å². The topological polar surface area (TPSA) is 89.6 Å². The van der Waals surface area contributed by atoms with E-state index in [4.69, 9.17) is 26.6 Å². The number of nitrogens with zero attached hydrogens (tertiary/aromatic N) is 5. The lowest BCUT2D eigenvalue weighted by Gasteiger charge is -2.37. The number of nitrogen functional groups attached to an aromatic ring is 1. The Hall–Kier alpha value is -4.28. The van der Waals surface area contributed by atoms with E-state index in [-0.39, 0.29) is 75.9 Å².